The summed E-state index contributed by atoms with van der Waals surface area (Å²) < 4.78 is 2.05. The summed E-state index contributed by atoms with van der Waals surface area (Å²) in [6.45, 7) is 2.47. The summed E-state index contributed by atoms with van der Waals surface area (Å²) in [5.41, 5.74) is 3.06. The van der Waals surface area contributed by atoms with Gasteiger partial charge in [-0.15, -0.1) is 0 Å². The van der Waals surface area contributed by atoms with Gasteiger partial charge in [-0.1, -0.05) is 12.1 Å². The molecule has 3 aromatic rings. The van der Waals surface area contributed by atoms with E-state index in [4.69, 9.17) is 0 Å². The molecular formula is C19H17N3O2. The lowest BCUT2D eigenvalue weighted by molar-refractivity contribution is 0.0949. The molecule has 0 unspecified atom stereocenters. The third-order valence-corrected chi connectivity index (χ3v) is 4.57. The number of benzene rings is 1. The van der Waals surface area contributed by atoms with Crippen molar-refractivity contribution >= 4 is 16.8 Å². The molecule has 3 heterocycles. The average Bonchev–Trinajstić information content (AvgIpc) is 2.93. The van der Waals surface area contributed by atoms with Crippen LogP contribution in [0.15, 0.2) is 53.7 Å². The predicted molar refractivity (Wildman–Crippen MR) is 92.0 cm³/mol. The molecule has 0 bridgehead atoms. The maximum Gasteiger partial charge on any atom is 0.257 e. The van der Waals surface area contributed by atoms with Crippen molar-refractivity contribution in [2.45, 2.75) is 25.9 Å². The maximum absolute atomic E-state index is 12.7. The van der Waals surface area contributed by atoms with Gasteiger partial charge in [-0.3, -0.25) is 14.6 Å². The average molecular weight is 319 g/mol. The number of amides is 1. The monoisotopic (exact) mass is 319 g/mol. The number of hydrogen-bond acceptors (Lipinski definition) is 3. The van der Waals surface area contributed by atoms with Gasteiger partial charge < -0.3 is 9.88 Å². The smallest absolute Gasteiger partial charge is 0.257 e. The highest BCUT2D eigenvalue weighted by molar-refractivity contribution is 5.98. The fourth-order valence-electron chi connectivity index (χ4n) is 3.36. The van der Waals surface area contributed by atoms with Crippen molar-refractivity contribution in [2.75, 3.05) is 0 Å². The molecule has 0 radical (unpaired) electrons. The molecule has 0 fully saturated rings. The quantitative estimate of drug-likeness (QED) is 0.806. The topological polar surface area (TPSA) is 64.0 Å². The van der Waals surface area contributed by atoms with Crippen molar-refractivity contribution in [3.05, 3.63) is 75.8 Å². The van der Waals surface area contributed by atoms with Crippen molar-refractivity contribution < 1.29 is 4.79 Å². The summed E-state index contributed by atoms with van der Waals surface area (Å²) in [6, 6.07) is 9.65. The Kier molecular flexibility index (Phi) is 3.41. The van der Waals surface area contributed by atoms with E-state index in [2.05, 4.69) is 17.2 Å². The zero-order valence-corrected chi connectivity index (χ0v) is 13.3. The molecule has 1 amide bonds. The number of hydrogen-bond donors (Lipinski definition) is 1. The fourth-order valence-corrected chi connectivity index (χ4v) is 3.36. The van der Waals surface area contributed by atoms with Gasteiger partial charge in [0, 0.05) is 36.6 Å². The lowest BCUT2D eigenvalue weighted by Crippen LogP contribution is -2.29. The number of nitrogens with zero attached hydrogens (tertiary/aromatic N) is 2. The second-order valence-corrected chi connectivity index (χ2v) is 6.18. The van der Waals surface area contributed by atoms with Crippen molar-refractivity contribution in [2.24, 2.45) is 0 Å². The van der Waals surface area contributed by atoms with Crippen molar-refractivity contribution in [1.82, 2.24) is 14.9 Å². The van der Waals surface area contributed by atoms with Gasteiger partial charge in [-0.05, 0) is 42.7 Å². The zero-order chi connectivity index (χ0) is 16.7. The van der Waals surface area contributed by atoms with Crippen LogP contribution in [-0.4, -0.2) is 15.5 Å². The van der Waals surface area contributed by atoms with Crippen LogP contribution < -0.4 is 10.7 Å². The molecule has 1 atom stereocenters. The third-order valence-electron chi connectivity index (χ3n) is 4.57. The zero-order valence-electron chi connectivity index (χ0n) is 13.3. The van der Waals surface area contributed by atoms with Gasteiger partial charge in [-0.2, -0.15) is 0 Å². The highest BCUT2D eigenvalue weighted by Gasteiger charge is 2.24. The number of nitrogens with one attached hydrogen (secondary N) is 1. The summed E-state index contributed by atoms with van der Waals surface area (Å²) >= 11 is 0. The van der Waals surface area contributed by atoms with Gasteiger partial charge >= 0.3 is 0 Å². The standard InChI is InChI=1S/C19H17N3O2/c1-12-9-14-3-2-4-15-17(14)22(12)11-16(18(15)23)19(24)21-10-13-5-7-20-8-6-13/h2-8,11-12H,9-10H2,1H3,(H,21,24)/t12-/m0/s1. The lowest BCUT2D eigenvalue weighted by atomic mass is 10.1. The van der Waals surface area contributed by atoms with Gasteiger partial charge in [0.25, 0.3) is 5.91 Å². The van der Waals surface area contributed by atoms with Gasteiger partial charge in [-0.25, -0.2) is 0 Å². The maximum atomic E-state index is 12.7. The molecule has 1 aliphatic rings. The first-order chi connectivity index (χ1) is 11.6. The second-order valence-electron chi connectivity index (χ2n) is 6.18. The Balaban J connectivity index is 1.72. The number of carbonyl (C=O) groups excluding carboxylic acids is 1. The largest absolute Gasteiger partial charge is 0.348 e. The van der Waals surface area contributed by atoms with Crippen LogP contribution >= 0.6 is 0 Å². The summed E-state index contributed by atoms with van der Waals surface area (Å²) in [7, 11) is 0. The summed E-state index contributed by atoms with van der Waals surface area (Å²) in [4.78, 5) is 29.2. The second kappa shape index (κ2) is 5.60. The van der Waals surface area contributed by atoms with Gasteiger partial charge in [0.1, 0.15) is 5.56 Å². The van der Waals surface area contributed by atoms with Crippen LogP contribution in [0.2, 0.25) is 0 Å². The highest BCUT2D eigenvalue weighted by atomic mass is 16.2. The molecule has 0 saturated heterocycles. The van der Waals surface area contributed by atoms with E-state index in [-0.39, 0.29) is 22.9 Å². The molecule has 0 spiro atoms. The molecule has 2 aromatic heterocycles. The summed E-state index contributed by atoms with van der Waals surface area (Å²) in [5, 5.41) is 3.44. The van der Waals surface area contributed by atoms with E-state index >= 15 is 0 Å². The molecule has 1 N–H and O–H groups in total. The van der Waals surface area contributed by atoms with E-state index in [1.54, 1.807) is 24.7 Å². The number of rotatable bonds is 3. The fraction of sp³-hybridized carbons (Fsp3) is 0.211. The molecule has 120 valence electrons. The normalized spacial score (nSPS) is 15.6. The minimum absolute atomic E-state index is 0.197. The minimum Gasteiger partial charge on any atom is -0.348 e. The Labute approximate surface area is 139 Å². The minimum atomic E-state index is -0.341. The van der Waals surface area contributed by atoms with Crippen LogP contribution in [0.1, 0.15) is 34.5 Å². The van der Waals surface area contributed by atoms with Crippen LogP contribution in [0.4, 0.5) is 0 Å². The molecule has 5 nitrogen and oxygen atoms in total. The van der Waals surface area contributed by atoms with Crippen LogP contribution in [-0.2, 0) is 13.0 Å². The third kappa shape index (κ3) is 2.29. The first-order valence-corrected chi connectivity index (χ1v) is 7.99. The number of carbonyl (C=O) groups is 1. The van der Waals surface area contributed by atoms with E-state index in [0.29, 0.717) is 11.9 Å². The van der Waals surface area contributed by atoms with E-state index in [1.165, 1.54) is 5.56 Å². The van der Waals surface area contributed by atoms with E-state index in [9.17, 15) is 9.59 Å². The van der Waals surface area contributed by atoms with E-state index in [1.807, 2.05) is 28.8 Å². The Morgan fingerprint density at radius 1 is 1.29 bits per heavy atom. The Morgan fingerprint density at radius 3 is 2.88 bits per heavy atom. The molecule has 4 rings (SSSR count). The molecule has 5 heteroatoms. The molecule has 1 aromatic carbocycles. The number of aromatic nitrogens is 2. The SMILES string of the molecule is C[C@H]1Cc2cccc3c(=O)c(C(=O)NCc4ccncc4)cn1c23. The van der Waals surface area contributed by atoms with Crippen LogP contribution in [0, 0.1) is 0 Å². The van der Waals surface area contributed by atoms with Gasteiger partial charge in [0.15, 0.2) is 0 Å². The summed E-state index contributed by atoms with van der Waals surface area (Å²) in [6.07, 6.45) is 5.94. The number of para-hydroxylation sites is 1. The molecule has 24 heavy (non-hydrogen) atoms. The van der Waals surface area contributed by atoms with Crippen molar-refractivity contribution in [3.8, 4) is 0 Å². The lowest BCUT2D eigenvalue weighted by Gasteiger charge is -2.12. The van der Waals surface area contributed by atoms with Crippen LogP contribution in [0.5, 0.6) is 0 Å². The van der Waals surface area contributed by atoms with Crippen LogP contribution in [0.25, 0.3) is 10.9 Å². The Bertz CT molecular complexity index is 993. The Hall–Kier alpha value is -2.95. The first kappa shape index (κ1) is 14.6. The molecule has 0 saturated carbocycles. The molecule has 1 aliphatic heterocycles. The van der Waals surface area contributed by atoms with Gasteiger partial charge in [0.05, 0.1) is 5.52 Å². The highest BCUT2D eigenvalue weighted by Crippen LogP contribution is 2.30. The summed E-state index contributed by atoms with van der Waals surface area (Å²) in [5.74, 6) is -0.341. The van der Waals surface area contributed by atoms with Crippen molar-refractivity contribution in [1.29, 1.82) is 0 Å². The molecular weight excluding hydrogens is 302 g/mol. The van der Waals surface area contributed by atoms with Gasteiger partial charge in [0.2, 0.25) is 5.43 Å². The predicted octanol–water partition coefficient (Wildman–Crippen LogP) is 2.44. The van der Waals surface area contributed by atoms with Crippen LogP contribution in [0.3, 0.4) is 0 Å². The first-order valence-electron chi connectivity index (χ1n) is 7.99. The number of pyridine rings is 2. The van der Waals surface area contributed by atoms with E-state index < -0.39 is 0 Å². The molecule has 0 aliphatic carbocycles. The van der Waals surface area contributed by atoms with Crippen molar-refractivity contribution in [3.63, 3.8) is 0 Å². The van der Waals surface area contributed by atoms with E-state index in [0.717, 1.165) is 17.5 Å². The Morgan fingerprint density at radius 2 is 2.08 bits per heavy atom.